The smallest absolute Gasteiger partial charge is 0.0950 e. The maximum Gasteiger partial charge on any atom is 0.0950 e. The number of rotatable bonds is 4. The van der Waals surface area contributed by atoms with Crippen molar-refractivity contribution in [1.29, 1.82) is 0 Å². The van der Waals surface area contributed by atoms with Crippen LogP contribution >= 0.6 is 11.6 Å². The topological polar surface area (TPSA) is 53.8 Å². The first-order valence-corrected chi connectivity index (χ1v) is 9.58. The molecule has 0 bridgehead atoms. The van der Waals surface area contributed by atoms with Gasteiger partial charge in [-0.15, -0.1) is 0 Å². The van der Waals surface area contributed by atoms with E-state index in [1.54, 1.807) is 0 Å². The van der Waals surface area contributed by atoms with E-state index >= 15 is 0 Å². The Bertz CT molecular complexity index is 738. The maximum atomic E-state index is 10.1. The summed E-state index contributed by atoms with van der Waals surface area (Å²) < 4.78 is 7.29. The Kier molecular flexibility index (Phi) is 5.57. The van der Waals surface area contributed by atoms with Crippen LogP contribution < -0.4 is 0 Å². The number of ether oxygens (including phenoxy) is 1. The summed E-state index contributed by atoms with van der Waals surface area (Å²) in [6, 6.07) is 7.87. The van der Waals surface area contributed by atoms with Gasteiger partial charge in [0.15, 0.2) is 0 Å². The predicted molar refractivity (Wildman–Crippen MR) is 101 cm³/mol. The largest absolute Gasteiger partial charge is 0.389 e. The van der Waals surface area contributed by atoms with Gasteiger partial charge in [-0.05, 0) is 37.7 Å². The lowest BCUT2D eigenvalue weighted by atomic mass is 10.2. The van der Waals surface area contributed by atoms with E-state index in [-0.39, 0.29) is 12.1 Å². The van der Waals surface area contributed by atoms with E-state index in [0.29, 0.717) is 18.2 Å². The van der Waals surface area contributed by atoms with E-state index < -0.39 is 0 Å². The molecule has 0 aliphatic carbocycles. The van der Waals surface area contributed by atoms with Gasteiger partial charge in [-0.3, -0.25) is 9.80 Å². The molecule has 2 atom stereocenters. The van der Waals surface area contributed by atoms with Crippen LogP contribution in [0.25, 0.3) is 5.69 Å². The van der Waals surface area contributed by atoms with Crippen molar-refractivity contribution in [2.75, 3.05) is 39.4 Å². The number of hydrogen-bond donors (Lipinski definition) is 1. The highest BCUT2D eigenvalue weighted by Gasteiger charge is 2.32. The molecule has 0 amide bonds. The van der Waals surface area contributed by atoms with E-state index in [4.69, 9.17) is 16.3 Å². The van der Waals surface area contributed by atoms with Crippen LogP contribution in [0.4, 0.5) is 0 Å². The van der Waals surface area contributed by atoms with Crippen molar-refractivity contribution in [1.82, 2.24) is 19.6 Å². The first-order valence-electron chi connectivity index (χ1n) is 9.21. The van der Waals surface area contributed by atoms with Gasteiger partial charge in [0.1, 0.15) is 0 Å². The molecule has 2 aliphatic heterocycles. The molecule has 0 saturated carbocycles. The second-order valence-electron chi connectivity index (χ2n) is 7.11. The molecule has 6 nitrogen and oxygen atoms in total. The Morgan fingerprint density at radius 1 is 1.19 bits per heavy atom. The van der Waals surface area contributed by atoms with Crippen molar-refractivity contribution in [3.63, 3.8) is 0 Å². The predicted octanol–water partition coefficient (Wildman–Crippen LogP) is 1.79. The van der Waals surface area contributed by atoms with Crippen LogP contribution in [-0.2, 0) is 11.3 Å². The minimum Gasteiger partial charge on any atom is -0.389 e. The Hall–Kier alpha value is -1.44. The van der Waals surface area contributed by atoms with E-state index in [2.05, 4.69) is 21.1 Å². The molecule has 4 rings (SSSR count). The number of benzene rings is 1. The molecule has 2 aliphatic rings. The zero-order valence-electron chi connectivity index (χ0n) is 14.8. The molecule has 1 N–H and O–H groups in total. The number of aliphatic hydroxyl groups is 1. The fourth-order valence-electron chi connectivity index (χ4n) is 3.82. The Morgan fingerprint density at radius 3 is 2.92 bits per heavy atom. The SMILES string of the molecule is O[C@@H]1COC[C@H]1N1CCCN(Cc2cnn(-c3cccc(Cl)c3)c2)CC1. The number of halogens is 1. The highest BCUT2D eigenvalue weighted by Crippen LogP contribution is 2.18. The van der Waals surface area contributed by atoms with E-state index in [0.717, 1.165) is 44.8 Å². The molecule has 1 aromatic heterocycles. The zero-order chi connectivity index (χ0) is 17.9. The number of nitrogens with zero attached hydrogens (tertiary/aromatic N) is 4. The van der Waals surface area contributed by atoms with Gasteiger partial charge in [0, 0.05) is 36.4 Å². The molecular formula is C19H25ClN4O2. The summed E-state index contributed by atoms with van der Waals surface area (Å²) in [6.45, 7) is 6.03. The van der Waals surface area contributed by atoms with Gasteiger partial charge < -0.3 is 9.84 Å². The minimum absolute atomic E-state index is 0.153. The minimum atomic E-state index is -0.350. The zero-order valence-corrected chi connectivity index (χ0v) is 15.6. The van der Waals surface area contributed by atoms with Crippen LogP contribution in [0.15, 0.2) is 36.7 Å². The molecule has 0 unspecified atom stereocenters. The van der Waals surface area contributed by atoms with E-state index in [1.165, 1.54) is 5.56 Å². The number of aliphatic hydroxyl groups excluding tert-OH is 1. The molecule has 7 heteroatoms. The summed E-state index contributed by atoms with van der Waals surface area (Å²) in [5.41, 5.74) is 2.17. The number of hydrogen-bond acceptors (Lipinski definition) is 5. The lowest BCUT2D eigenvalue weighted by Crippen LogP contribution is -2.44. The lowest BCUT2D eigenvalue weighted by Gasteiger charge is -2.28. The molecule has 0 spiro atoms. The third-order valence-corrected chi connectivity index (χ3v) is 5.46. The second-order valence-corrected chi connectivity index (χ2v) is 7.55. The average Bonchev–Trinajstić information content (AvgIpc) is 3.20. The second kappa shape index (κ2) is 8.06. The highest BCUT2D eigenvalue weighted by molar-refractivity contribution is 6.30. The summed E-state index contributed by atoms with van der Waals surface area (Å²) in [6.07, 6.45) is 4.75. The third-order valence-electron chi connectivity index (χ3n) is 5.23. The maximum absolute atomic E-state index is 10.1. The summed E-state index contributed by atoms with van der Waals surface area (Å²) in [4.78, 5) is 4.84. The standard InChI is InChI=1S/C19H25ClN4O2/c20-16-3-1-4-17(9-16)24-12-15(10-21-24)11-22-5-2-6-23(8-7-22)18-13-26-14-19(18)25/h1,3-4,9-10,12,18-19,25H,2,5-8,11,13-14H2/t18-,19-/m1/s1. The summed E-state index contributed by atoms with van der Waals surface area (Å²) >= 11 is 6.07. The molecule has 140 valence electrons. The first-order chi connectivity index (χ1) is 12.7. The van der Waals surface area contributed by atoms with Gasteiger partial charge in [0.2, 0.25) is 0 Å². The van der Waals surface area contributed by atoms with Crippen molar-refractivity contribution in [3.8, 4) is 5.69 Å². The van der Waals surface area contributed by atoms with E-state index in [1.807, 2.05) is 35.1 Å². The fourth-order valence-corrected chi connectivity index (χ4v) is 4.01. The lowest BCUT2D eigenvalue weighted by molar-refractivity contribution is 0.0837. The van der Waals surface area contributed by atoms with Gasteiger partial charge in [-0.25, -0.2) is 4.68 Å². The van der Waals surface area contributed by atoms with Crippen molar-refractivity contribution in [3.05, 3.63) is 47.2 Å². The average molecular weight is 377 g/mol. The third kappa shape index (κ3) is 4.10. The molecule has 0 radical (unpaired) electrons. The highest BCUT2D eigenvalue weighted by atomic mass is 35.5. The van der Waals surface area contributed by atoms with E-state index in [9.17, 15) is 5.11 Å². The fraction of sp³-hybridized carbons (Fsp3) is 0.526. The van der Waals surface area contributed by atoms with Gasteiger partial charge in [0.05, 0.1) is 37.2 Å². The van der Waals surface area contributed by atoms with Crippen LogP contribution in [-0.4, -0.2) is 76.2 Å². The summed E-state index contributed by atoms with van der Waals surface area (Å²) in [5, 5.41) is 15.3. The Balaban J connectivity index is 1.36. The van der Waals surface area contributed by atoms with Crippen molar-refractivity contribution in [2.45, 2.75) is 25.1 Å². The van der Waals surface area contributed by atoms with Crippen LogP contribution in [0.2, 0.25) is 5.02 Å². The molecule has 3 heterocycles. The summed E-state index contributed by atoms with van der Waals surface area (Å²) in [7, 11) is 0. The van der Waals surface area contributed by atoms with Gasteiger partial charge in [0.25, 0.3) is 0 Å². The van der Waals surface area contributed by atoms with Gasteiger partial charge >= 0.3 is 0 Å². The first kappa shape index (κ1) is 17.9. The molecule has 1 aromatic carbocycles. The molecule has 2 fully saturated rings. The molecule has 2 saturated heterocycles. The van der Waals surface area contributed by atoms with Gasteiger partial charge in [-0.1, -0.05) is 17.7 Å². The molecular weight excluding hydrogens is 352 g/mol. The van der Waals surface area contributed by atoms with Crippen LogP contribution in [0.5, 0.6) is 0 Å². The Labute approximate surface area is 158 Å². The van der Waals surface area contributed by atoms with Crippen LogP contribution in [0.1, 0.15) is 12.0 Å². The Morgan fingerprint density at radius 2 is 2.12 bits per heavy atom. The van der Waals surface area contributed by atoms with Crippen LogP contribution in [0.3, 0.4) is 0 Å². The van der Waals surface area contributed by atoms with Crippen molar-refractivity contribution < 1.29 is 9.84 Å². The molecule has 26 heavy (non-hydrogen) atoms. The van der Waals surface area contributed by atoms with Crippen LogP contribution in [0, 0.1) is 0 Å². The van der Waals surface area contributed by atoms with Crippen molar-refractivity contribution >= 4 is 11.6 Å². The van der Waals surface area contributed by atoms with Gasteiger partial charge in [-0.2, -0.15) is 5.10 Å². The van der Waals surface area contributed by atoms with Crippen molar-refractivity contribution in [2.24, 2.45) is 0 Å². The normalized spacial score (nSPS) is 25.5. The summed E-state index contributed by atoms with van der Waals surface area (Å²) in [5.74, 6) is 0. The molecule has 2 aromatic rings. The monoisotopic (exact) mass is 376 g/mol. The quantitative estimate of drug-likeness (QED) is 0.881. The number of aromatic nitrogens is 2.